The fourth-order valence-electron chi connectivity index (χ4n) is 7.05. The molecule has 0 saturated heterocycles. The summed E-state index contributed by atoms with van der Waals surface area (Å²) in [6, 6.07) is 45.4. The Morgan fingerprint density at radius 3 is 1.91 bits per heavy atom. The summed E-state index contributed by atoms with van der Waals surface area (Å²) in [4.78, 5) is 4.38. The largest absolute Gasteiger partial charge is 0.455 e. The molecule has 0 aliphatic heterocycles. The van der Waals surface area contributed by atoms with E-state index in [0.717, 1.165) is 55.0 Å². The number of rotatable bonds is 4. The molecule has 208 valence electrons. The number of nitrogens with two attached hydrogens (primary N) is 1. The molecular weight excluding hydrogens is 538 g/mol. The van der Waals surface area contributed by atoms with Crippen molar-refractivity contribution in [2.45, 2.75) is 0 Å². The van der Waals surface area contributed by atoms with Crippen molar-refractivity contribution in [1.29, 1.82) is 0 Å². The van der Waals surface area contributed by atoms with Gasteiger partial charge in [-0.2, -0.15) is 0 Å². The van der Waals surface area contributed by atoms with E-state index in [0.29, 0.717) is 0 Å². The van der Waals surface area contributed by atoms with Gasteiger partial charge in [0, 0.05) is 22.4 Å². The monoisotopic (exact) mass is 565 g/mol. The first-order chi connectivity index (χ1) is 21.8. The van der Waals surface area contributed by atoms with E-state index >= 15 is 0 Å². The molecule has 0 radical (unpaired) electrons. The molecule has 0 saturated carbocycles. The molecule has 0 aliphatic carbocycles. The van der Waals surface area contributed by atoms with E-state index in [2.05, 4.69) is 131 Å². The molecule has 2 heterocycles. The Bertz CT molecular complexity index is 2620. The number of aromatic nitrogens is 1. The molecule has 0 aliphatic rings. The Hall–Kier alpha value is -5.71. The summed E-state index contributed by atoms with van der Waals surface area (Å²) in [5, 5.41) is 12.0. The lowest BCUT2D eigenvalue weighted by Gasteiger charge is -2.16. The van der Waals surface area contributed by atoms with Gasteiger partial charge in [0.15, 0.2) is 0 Å². The molecule has 0 spiro atoms. The van der Waals surface area contributed by atoms with Crippen LogP contribution in [0.1, 0.15) is 5.56 Å². The third-order valence-corrected chi connectivity index (χ3v) is 8.90. The lowest BCUT2D eigenvalue weighted by Crippen LogP contribution is -2.01. The molecule has 0 fully saturated rings. The van der Waals surface area contributed by atoms with Crippen LogP contribution in [0, 0.1) is 0 Å². The van der Waals surface area contributed by atoms with E-state index in [9.17, 15) is 0 Å². The van der Waals surface area contributed by atoms with Crippen molar-refractivity contribution in [3.05, 3.63) is 139 Å². The topological polar surface area (TPSA) is 56.4 Å². The van der Waals surface area contributed by atoms with E-state index in [1.54, 1.807) is 0 Å². The van der Waals surface area contributed by atoms with Gasteiger partial charge >= 0.3 is 0 Å². The summed E-state index contributed by atoms with van der Waals surface area (Å²) in [6.45, 7) is 0.227. The molecule has 0 amide bonds. The number of hydrogen-bond acceptors (Lipinski definition) is 3. The fraction of sp³-hybridized carbons (Fsp3) is 0.0250. The maximum absolute atomic E-state index is 6.54. The Balaban J connectivity index is 1.39. The standard InChI is InChI=1S/C40H27N3O/c41-24-42-22-21-35(25-17-18-30-28-11-2-1-9-26(28)27-10-3-4-12-29(27)34(30)23-25)43-36-15-7-5-14-33(36)39-37(43)20-19-32-31-13-6-8-16-38(31)44-40(32)39/h1-23H,24,41H2/b35-21-,42-22-. The number of fused-ring (bicyclic) bond motifs is 13. The van der Waals surface area contributed by atoms with Gasteiger partial charge < -0.3 is 14.7 Å². The minimum absolute atomic E-state index is 0.227. The fourth-order valence-corrected chi connectivity index (χ4v) is 7.05. The summed E-state index contributed by atoms with van der Waals surface area (Å²) in [5.41, 5.74) is 11.9. The zero-order chi connectivity index (χ0) is 29.2. The van der Waals surface area contributed by atoms with Gasteiger partial charge in [-0.15, -0.1) is 0 Å². The maximum atomic E-state index is 6.54. The molecule has 7 aromatic carbocycles. The van der Waals surface area contributed by atoms with Crippen molar-refractivity contribution < 1.29 is 4.42 Å². The Morgan fingerprint density at radius 1 is 0.591 bits per heavy atom. The van der Waals surface area contributed by atoms with Crippen molar-refractivity contribution >= 4 is 88.0 Å². The van der Waals surface area contributed by atoms with Crippen LogP contribution in [0.2, 0.25) is 0 Å². The van der Waals surface area contributed by atoms with Gasteiger partial charge in [0.2, 0.25) is 0 Å². The second-order valence-corrected chi connectivity index (χ2v) is 11.2. The lowest BCUT2D eigenvalue weighted by atomic mass is 9.93. The van der Waals surface area contributed by atoms with Crippen LogP contribution in [0.25, 0.3) is 81.8 Å². The minimum Gasteiger partial charge on any atom is -0.455 e. The highest BCUT2D eigenvalue weighted by Crippen LogP contribution is 2.42. The number of furan rings is 1. The lowest BCUT2D eigenvalue weighted by molar-refractivity contribution is 0.673. The highest BCUT2D eigenvalue weighted by atomic mass is 16.3. The average Bonchev–Trinajstić information content (AvgIpc) is 3.63. The van der Waals surface area contributed by atoms with E-state index in [-0.39, 0.29) is 6.67 Å². The van der Waals surface area contributed by atoms with Crippen LogP contribution < -0.4 is 5.73 Å². The number of aliphatic imine (C=N–C) groups is 1. The smallest absolute Gasteiger partial charge is 0.145 e. The van der Waals surface area contributed by atoms with Crippen molar-refractivity contribution in [1.82, 2.24) is 4.57 Å². The third kappa shape index (κ3) is 3.52. The number of hydrogen-bond donors (Lipinski definition) is 1. The summed E-state index contributed by atoms with van der Waals surface area (Å²) < 4.78 is 8.88. The average molecular weight is 566 g/mol. The summed E-state index contributed by atoms with van der Waals surface area (Å²) >= 11 is 0. The third-order valence-electron chi connectivity index (χ3n) is 8.90. The van der Waals surface area contributed by atoms with E-state index in [1.807, 2.05) is 18.3 Å². The molecular formula is C40H27N3O. The first-order valence-electron chi connectivity index (χ1n) is 14.9. The van der Waals surface area contributed by atoms with Gasteiger partial charge in [-0.3, -0.25) is 4.99 Å². The SMILES string of the molecule is NC/N=C\C=C(\c1ccc2c3ccccc3c3ccccc3c2c1)n1c2ccccc2c2c3oc4ccccc4c3ccc21. The van der Waals surface area contributed by atoms with Crippen molar-refractivity contribution in [3.8, 4) is 0 Å². The van der Waals surface area contributed by atoms with Gasteiger partial charge in [0.05, 0.1) is 28.8 Å². The van der Waals surface area contributed by atoms with Gasteiger partial charge in [-0.25, -0.2) is 0 Å². The van der Waals surface area contributed by atoms with Crippen molar-refractivity contribution in [2.75, 3.05) is 6.67 Å². The summed E-state index contributed by atoms with van der Waals surface area (Å²) in [5.74, 6) is 0. The molecule has 44 heavy (non-hydrogen) atoms. The van der Waals surface area contributed by atoms with Gasteiger partial charge in [0.1, 0.15) is 11.2 Å². The van der Waals surface area contributed by atoms with Crippen LogP contribution in [0.3, 0.4) is 0 Å². The number of allylic oxidation sites excluding steroid dienone is 1. The van der Waals surface area contributed by atoms with Crippen LogP contribution >= 0.6 is 0 Å². The van der Waals surface area contributed by atoms with Crippen molar-refractivity contribution in [3.63, 3.8) is 0 Å². The summed E-state index contributed by atoms with van der Waals surface area (Å²) in [7, 11) is 0. The zero-order valence-electron chi connectivity index (χ0n) is 23.9. The molecule has 9 rings (SSSR count). The maximum Gasteiger partial charge on any atom is 0.145 e. The van der Waals surface area contributed by atoms with Gasteiger partial charge in [0.25, 0.3) is 0 Å². The highest BCUT2D eigenvalue weighted by Gasteiger charge is 2.20. The zero-order valence-corrected chi connectivity index (χ0v) is 23.9. The number of para-hydroxylation sites is 2. The van der Waals surface area contributed by atoms with E-state index < -0.39 is 0 Å². The van der Waals surface area contributed by atoms with Crippen molar-refractivity contribution in [2.24, 2.45) is 10.7 Å². The second-order valence-electron chi connectivity index (χ2n) is 11.2. The molecule has 2 aromatic heterocycles. The van der Waals surface area contributed by atoms with E-state index in [4.69, 9.17) is 10.2 Å². The normalized spacial score (nSPS) is 12.8. The van der Waals surface area contributed by atoms with Crippen LogP contribution in [0.5, 0.6) is 0 Å². The molecule has 0 unspecified atom stereocenters. The van der Waals surface area contributed by atoms with Crippen LogP contribution in [-0.2, 0) is 0 Å². The quantitative estimate of drug-likeness (QED) is 0.170. The number of nitrogens with zero attached hydrogens (tertiary/aromatic N) is 2. The Labute approximate surface area is 252 Å². The Morgan fingerprint density at radius 2 is 1.18 bits per heavy atom. The predicted molar refractivity (Wildman–Crippen MR) is 187 cm³/mol. The first-order valence-corrected chi connectivity index (χ1v) is 14.9. The highest BCUT2D eigenvalue weighted by molar-refractivity contribution is 6.27. The molecule has 4 nitrogen and oxygen atoms in total. The molecule has 2 N–H and O–H groups in total. The predicted octanol–water partition coefficient (Wildman–Crippen LogP) is 10.0. The van der Waals surface area contributed by atoms with Crippen LogP contribution in [-0.4, -0.2) is 17.5 Å². The van der Waals surface area contributed by atoms with Crippen LogP contribution in [0.15, 0.2) is 143 Å². The second kappa shape index (κ2) is 9.66. The number of benzene rings is 7. The van der Waals surface area contributed by atoms with Crippen LogP contribution in [0.4, 0.5) is 0 Å². The van der Waals surface area contributed by atoms with Gasteiger partial charge in [-0.05, 0) is 74.3 Å². The molecule has 0 bridgehead atoms. The molecule has 4 heteroatoms. The minimum atomic E-state index is 0.227. The van der Waals surface area contributed by atoms with Gasteiger partial charge in [-0.1, -0.05) is 97.1 Å². The summed E-state index contributed by atoms with van der Waals surface area (Å²) in [6.07, 6.45) is 3.89. The molecule has 0 atom stereocenters. The first kappa shape index (κ1) is 24.8. The van der Waals surface area contributed by atoms with E-state index in [1.165, 1.54) is 32.3 Å². The Kier molecular flexibility index (Phi) is 5.46. The molecule has 9 aromatic rings.